The molecule has 0 aromatic heterocycles. The molecular formula is C30H35Cl2N3O4S. The van der Waals surface area contributed by atoms with E-state index < -0.39 is 28.5 Å². The molecular weight excluding hydrogens is 569 g/mol. The van der Waals surface area contributed by atoms with Crippen molar-refractivity contribution in [1.29, 1.82) is 0 Å². The number of halogens is 2. The molecule has 0 aliphatic carbocycles. The summed E-state index contributed by atoms with van der Waals surface area (Å²) < 4.78 is 27.5. The SMILES string of the molecule is CCCCNC(=O)C(Cc1ccccc1)N(Cc1c(Cl)cccc1Cl)C(=O)CN(C)S(=O)(=O)c1ccc(C)cc1. The second-order valence-electron chi connectivity index (χ2n) is 9.65. The Morgan fingerprint density at radius 3 is 2.15 bits per heavy atom. The lowest BCUT2D eigenvalue weighted by molar-refractivity contribution is -0.141. The first-order valence-corrected chi connectivity index (χ1v) is 15.3. The summed E-state index contributed by atoms with van der Waals surface area (Å²) in [6.07, 6.45) is 1.90. The summed E-state index contributed by atoms with van der Waals surface area (Å²) in [5, 5.41) is 3.62. The number of sulfonamides is 1. The molecule has 3 aromatic carbocycles. The minimum absolute atomic E-state index is 0.0749. The van der Waals surface area contributed by atoms with Gasteiger partial charge in [0.15, 0.2) is 0 Å². The van der Waals surface area contributed by atoms with Crippen LogP contribution in [0.15, 0.2) is 77.7 Å². The number of hydrogen-bond acceptors (Lipinski definition) is 4. The maximum absolute atomic E-state index is 13.9. The minimum atomic E-state index is -3.96. The molecule has 0 radical (unpaired) electrons. The molecule has 3 aromatic rings. The number of unbranched alkanes of at least 4 members (excludes halogenated alkanes) is 1. The van der Waals surface area contributed by atoms with E-state index in [-0.39, 0.29) is 23.8 Å². The number of hydrogen-bond donors (Lipinski definition) is 1. The van der Waals surface area contributed by atoms with Crippen molar-refractivity contribution in [2.45, 2.75) is 50.6 Å². The van der Waals surface area contributed by atoms with Crippen molar-refractivity contribution in [3.05, 3.63) is 99.5 Å². The van der Waals surface area contributed by atoms with Gasteiger partial charge in [-0.15, -0.1) is 0 Å². The van der Waals surface area contributed by atoms with Crippen LogP contribution in [0.3, 0.4) is 0 Å². The molecule has 2 amide bonds. The quantitative estimate of drug-likeness (QED) is 0.262. The van der Waals surface area contributed by atoms with Gasteiger partial charge in [0.05, 0.1) is 11.4 Å². The molecule has 0 saturated carbocycles. The van der Waals surface area contributed by atoms with Crippen LogP contribution in [0.2, 0.25) is 10.0 Å². The van der Waals surface area contributed by atoms with Crippen molar-refractivity contribution in [3.8, 4) is 0 Å². The fourth-order valence-corrected chi connectivity index (χ4v) is 5.81. The summed E-state index contributed by atoms with van der Waals surface area (Å²) in [7, 11) is -2.61. The number of aryl methyl sites for hydroxylation is 1. The van der Waals surface area contributed by atoms with Crippen LogP contribution in [0.4, 0.5) is 0 Å². The molecule has 7 nitrogen and oxygen atoms in total. The van der Waals surface area contributed by atoms with Gasteiger partial charge in [0.2, 0.25) is 21.8 Å². The van der Waals surface area contributed by atoms with E-state index in [1.807, 2.05) is 44.2 Å². The highest BCUT2D eigenvalue weighted by Gasteiger charge is 2.33. The molecule has 0 aliphatic rings. The molecule has 1 atom stereocenters. The standard InChI is InChI=1S/C30H35Cl2N3O4S/c1-4-5-18-33-30(37)28(19-23-10-7-6-8-11-23)35(20-25-26(31)12-9-13-27(25)32)29(36)21-34(3)40(38,39)24-16-14-22(2)15-17-24/h6-17,28H,4-5,18-21H2,1-3H3,(H,33,37). The molecule has 10 heteroatoms. The van der Waals surface area contributed by atoms with E-state index in [9.17, 15) is 18.0 Å². The topological polar surface area (TPSA) is 86.8 Å². The van der Waals surface area contributed by atoms with Gasteiger partial charge in [0.1, 0.15) is 6.04 Å². The zero-order valence-corrected chi connectivity index (χ0v) is 25.3. The summed E-state index contributed by atoms with van der Waals surface area (Å²) in [5.41, 5.74) is 2.24. The van der Waals surface area contributed by atoms with Crippen molar-refractivity contribution < 1.29 is 18.0 Å². The van der Waals surface area contributed by atoms with Crippen LogP contribution in [0.25, 0.3) is 0 Å². The average Bonchev–Trinajstić information content (AvgIpc) is 2.92. The highest BCUT2D eigenvalue weighted by Crippen LogP contribution is 2.27. The summed E-state index contributed by atoms with van der Waals surface area (Å²) in [6, 6.07) is 19.8. The number of nitrogens with zero attached hydrogens (tertiary/aromatic N) is 2. The largest absolute Gasteiger partial charge is 0.354 e. The number of carbonyl (C=O) groups excluding carboxylic acids is 2. The van der Waals surface area contributed by atoms with Crippen LogP contribution < -0.4 is 5.32 Å². The predicted molar refractivity (Wildman–Crippen MR) is 160 cm³/mol. The van der Waals surface area contributed by atoms with Crippen molar-refractivity contribution in [3.63, 3.8) is 0 Å². The van der Waals surface area contributed by atoms with E-state index in [2.05, 4.69) is 5.32 Å². The first kappa shape index (κ1) is 31.6. The third kappa shape index (κ3) is 8.30. The molecule has 0 fully saturated rings. The lowest BCUT2D eigenvalue weighted by Gasteiger charge is -2.33. The van der Waals surface area contributed by atoms with E-state index in [4.69, 9.17) is 23.2 Å². The number of benzene rings is 3. The Morgan fingerprint density at radius 2 is 1.55 bits per heavy atom. The Kier molecular flexibility index (Phi) is 11.6. The number of nitrogens with one attached hydrogen (secondary N) is 1. The molecule has 0 bridgehead atoms. The molecule has 0 spiro atoms. The van der Waals surface area contributed by atoms with Crippen molar-refractivity contribution >= 4 is 45.0 Å². The van der Waals surface area contributed by atoms with E-state index in [1.54, 1.807) is 30.3 Å². The summed E-state index contributed by atoms with van der Waals surface area (Å²) in [6.45, 7) is 3.78. The van der Waals surface area contributed by atoms with Gasteiger partial charge in [-0.3, -0.25) is 9.59 Å². The van der Waals surface area contributed by atoms with Gasteiger partial charge in [-0.25, -0.2) is 8.42 Å². The van der Waals surface area contributed by atoms with E-state index in [0.29, 0.717) is 22.2 Å². The van der Waals surface area contributed by atoms with Crippen LogP contribution in [0, 0.1) is 6.92 Å². The number of likely N-dealkylation sites (N-methyl/N-ethyl adjacent to an activating group) is 1. The highest BCUT2D eigenvalue weighted by molar-refractivity contribution is 7.89. The number of amides is 2. The van der Waals surface area contributed by atoms with Crippen LogP contribution in [0.1, 0.15) is 36.5 Å². The molecule has 1 N–H and O–H groups in total. The normalized spacial score (nSPS) is 12.2. The van der Waals surface area contributed by atoms with E-state index >= 15 is 0 Å². The van der Waals surface area contributed by atoms with Gasteiger partial charge >= 0.3 is 0 Å². The van der Waals surface area contributed by atoms with Crippen molar-refractivity contribution in [1.82, 2.24) is 14.5 Å². The fraction of sp³-hybridized carbons (Fsp3) is 0.333. The van der Waals surface area contributed by atoms with Crippen LogP contribution >= 0.6 is 23.2 Å². The highest BCUT2D eigenvalue weighted by atomic mass is 35.5. The van der Waals surface area contributed by atoms with Crippen molar-refractivity contribution in [2.24, 2.45) is 0 Å². The molecule has 3 rings (SSSR count). The van der Waals surface area contributed by atoms with Crippen LogP contribution in [-0.4, -0.2) is 55.6 Å². The number of carbonyl (C=O) groups is 2. The molecule has 214 valence electrons. The molecule has 0 heterocycles. The second kappa shape index (κ2) is 14.6. The lowest BCUT2D eigenvalue weighted by atomic mass is 10.0. The summed E-state index contributed by atoms with van der Waals surface area (Å²) in [4.78, 5) is 28.9. The van der Waals surface area contributed by atoms with Gasteiger partial charge < -0.3 is 10.2 Å². The predicted octanol–water partition coefficient (Wildman–Crippen LogP) is 5.48. The molecule has 1 unspecified atom stereocenters. The van der Waals surface area contributed by atoms with E-state index in [0.717, 1.165) is 28.3 Å². The van der Waals surface area contributed by atoms with Gasteiger partial charge in [-0.1, -0.05) is 90.6 Å². The Morgan fingerprint density at radius 1 is 0.925 bits per heavy atom. The second-order valence-corrected chi connectivity index (χ2v) is 12.5. The van der Waals surface area contributed by atoms with Crippen LogP contribution in [0.5, 0.6) is 0 Å². The Balaban J connectivity index is 2.00. The minimum Gasteiger partial charge on any atom is -0.354 e. The van der Waals surface area contributed by atoms with Gasteiger partial charge in [-0.05, 0) is 43.2 Å². The third-order valence-electron chi connectivity index (χ3n) is 6.58. The lowest BCUT2D eigenvalue weighted by Crippen LogP contribution is -2.53. The Bertz CT molecular complexity index is 1380. The average molecular weight is 605 g/mol. The Labute approximate surface area is 247 Å². The summed E-state index contributed by atoms with van der Waals surface area (Å²) in [5.74, 6) is -0.890. The summed E-state index contributed by atoms with van der Waals surface area (Å²) >= 11 is 12.9. The number of rotatable bonds is 13. The van der Waals surface area contributed by atoms with E-state index in [1.165, 1.54) is 24.1 Å². The van der Waals surface area contributed by atoms with Gasteiger partial charge in [0, 0.05) is 42.2 Å². The van der Waals surface area contributed by atoms with Crippen LogP contribution in [-0.2, 0) is 32.6 Å². The Hall–Kier alpha value is -2.91. The smallest absolute Gasteiger partial charge is 0.243 e. The first-order chi connectivity index (χ1) is 19.0. The van der Waals surface area contributed by atoms with Gasteiger partial charge in [0.25, 0.3) is 0 Å². The zero-order valence-electron chi connectivity index (χ0n) is 22.9. The van der Waals surface area contributed by atoms with Crippen molar-refractivity contribution in [2.75, 3.05) is 20.1 Å². The first-order valence-electron chi connectivity index (χ1n) is 13.1. The maximum Gasteiger partial charge on any atom is 0.243 e. The maximum atomic E-state index is 13.9. The molecule has 0 aliphatic heterocycles. The monoisotopic (exact) mass is 603 g/mol. The fourth-order valence-electron chi connectivity index (χ4n) is 4.17. The molecule has 0 saturated heterocycles. The van der Waals surface area contributed by atoms with Gasteiger partial charge in [-0.2, -0.15) is 4.31 Å². The molecule has 40 heavy (non-hydrogen) atoms. The zero-order chi connectivity index (χ0) is 29.3. The third-order valence-corrected chi connectivity index (χ3v) is 9.10.